The van der Waals surface area contributed by atoms with E-state index in [-0.39, 0.29) is 52.0 Å². The van der Waals surface area contributed by atoms with Gasteiger partial charge in [0.2, 0.25) is 0 Å². The Labute approximate surface area is 74.2 Å². The molecule has 0 unspecified atom stereocenters. The molecule has 0 aromatic carbocycles. The minimum atomic E-state index is -0.833. The third-order valence-corrected chi connectivity index (χ3v) is 0. The average Bonchev–Trinajstić information content (AvgIpc) is 0.811. The number of hydrogen-bond donors (Lipinski definition) is 1. The normalized spacial score (nSPS) is 4.17. The van der Waals surface area contributed by atoms with E-state index in [1.165, 1.54) is 0 Å². The molecular weight excluding hydrogens is 326 g/mol. The van der Waals surface area contributed by atoms with Crippen LogP contribution < -0.4 is 0 Å². The van der Waals surface area contributed by atoms with E-state index in [9.17, 15) is 0 Å². The zero-order chi connectivity index (χ0) is 3.58. The first-order valence-corrected chi connectivity index (χ1v) is 0.928. The molecule has 0 saturated carbocycles. The molecule has 1 N–H and O–H groups in total. The summed E-state index contributed by atoms with van der Waals surface area (Å²) in [6.07, 6.45) is 0. The van der Waals surface area contributed by atoms with Crippen molar-refractivity contribution in [2.75, 3.05) is 0 Å². The topological polar surface area (TPSA) is 37.3 Å². The molecule has 0 rings (SSSR count). The fraction of sp³-hybridized carbons (Fsp3) is 0.500. The number of carboxylic acids is 1. The van der Waals surface area contributed by atoms with Crippen molar-refractivity contribution in [2.24, 2.45) is 0 Å². The first-order chi connectivity index (χ1) is 1.73. The van der Waals surface area contributed by atoms with Crippen LogP contribution in [-0.2, 0) is 56.8 Å². The van der Waals surface area contributed by atoms with Gasteiger partial charge < -0.3 is 5.11 Å². The largest absolute Gasteiger partial charge is 0.481 e. The third kappa shape index (κ3) is 62.3. The summed E-state index contributed by atoms with van der Waals surface area (Å²) in [5.74, 6) is -0.833. The number of aliphatic carboxylic acids is 1. The van der Waals surface area contributed by atoms with Crippen LogP contribution in [0.25, 0.3) is 0 Å². The molecule has 0 amide bonds. The van der Waals surface area contributed by atoms with Crippen molar-refractivity contribution in [1.29, 1.82) is 0 Å². The van der Waals surface area contributed by atoms with Crippen LogP contribution in [-0.4, -0.2) is 11.1 Å². The number of carbonyl (C=O) groups is 1. The van der Waals surface area contributed by atoms with Gasteiger partial charge in [-0.25, -0.2) is 0 Å². The predicted octanol–water partition coefficient (Wildman–Crippen LogP) is 0.0859. The monoisotopic (exact) mass is 330 g/mol. The van der Waals surface area contributed by atoms with Gasteiger partial charge in [0.15, 0.2) is 0 Å². The van der Waals surface area contributed by atoms with E-state index in [0.717, 1.165) is 6.92 Å². The van der Waals surface area contributed by atoms with Crippen LogP contribution >= 0.6 is 0 Å². The van der Waals surface area contributed by atoms with Gasteiger partial charge in [0.05, 0.1) is 0 Å². The van der Waals surface area contributed by atoms with E-state index in [4.69, 9.17) is 9.90 Å². The van der Waals surface area contributed by atoms with Gasteiger partial charge in [0, 0.05) is 59.0 Å². The van der Waals surface area contributed by atoms with E-state index in [2.05, 4.69) is 0 Å². The molecule has 6 heavy (non-hydrogen) atoms. The van der Waals surface area contributed by atoms with E-state index >= 15 is 0 Å². The molecule has 32 valence electrons. The second-order valence-corrected chi connectivity index (χ2v) is 0.519. The molecule has 0 aliphatic rings. The van der Waals surface area contributed by atoms with Crippen molar-refractivity contribution in [2.45, 2.75) is 6.92 Å². The minimum Gasteiger partial charge on any atom is -0.481 e. The molecule has 0 aliphatic carbocycles. The summed E-state index contributed by atoms with van der Waals surface area (Å²) in [5, 5.41) is 7.42. The van der Waals surface area contributed by atoms with Gasteiger partial charge in [0.1, 0.15) is 0 Å². The van der Waals surface area contributed by atoms with E-state index in [1.807, 2.05) is 0 Å². The number of rotatable bonds is 0. The van der Waals surface area contributed by atoms with Crippen LogP contribution in [0.4, 0.5) is 0 Å². The maximum absolute atomic E-state index is 9.00. The molecule has 2 nitrogen and oxygen atoms in total. The van der Waals surface area contributed by atoms with E-state index < -0.39 is 5.97 Å². The summed E-state index contributed by atoms with van der Waals surface area (Å²) in [5.41, 5.74) is 0. The molecule has 0 fully saturated rings. The van der Waals surface area contributed by atoms with Crippen LogP contribution in [0.1, 0.15) is 6.92 Å². The van der Waals surface area contributed by atoms with Gasteiger partial charge >= 0.3 is 0 Å². The Morgan fingerprint density at radius 3 is 1.67 bits per heavy atom. The third-order valence-electron chi connectivity index (χ3n) is 0. The fourth-order valence-corrected chi connectivity index (χ4v) is 0. The van der Waals surface area contributed by atoms with E-state index in [0.29, 0.717) is 0 Å². The van der Waals surface area contributed by atoms with Crippen LogP contribution in [0.5, 0.6) is 0 Å². The fourth-order valence-electron chi connectivity index (χ4n) is 0. The van der Waals surface area contributed by atoms with Crippen LogP contribution in [0, 0.1) is 0 Å². The van der Waals surface area contributed by atoms with E-state index in [1.54, 1.807) is 0 Å². The van der Waals surface area contributed by atoms with Crippen molar-refractivity contribution in [3.63, 3.8) is 0 Å². The summed E-state index contributed by atoms with van der Waals surface area (Å²) in [4.78, 5) is 9.00. The second-order valence-electron chi connectivity index (χ2n) is 0.519. The molecule has 0 heterocycles. The number of hydrogen-bond acceptors (Lipinski definition) is 1. The zero-order valence-corrected chi connectivity index (χ0v) is 9.41. The first-order valence-electron chi connectivity index (χ1n) is 0.928. The Bertz CT molecular complexity index is 34.5. The maximum atomic E-state index is 9.00. The van der Waals surface area contributed by atoms with Gasteiger partial charge in [-0.1, -0.05) is 0 Å². The SMILES string of the molecule is CC(=O)O.[Hf].[Zr]. The van der Waals surface area contributed by atoms with Gasteiger partial charge in [-0.15, -0.1) is 0 Å². The van der Waals surface area contributed by atoms with Gasteiger partial charge in [-0.2, -0.15) is 0 Å². The molecule has 0 aliphatic heterocycles. The van der Waals surface area contributed by atoms with Crippen molar-refractivity contribution in [1.82, 2.24) is 0 Å². The molecule has 0 atom stereocenters. The zero-order valence-electron chi connectivity index (χ0n) is 3.36. The first kappa shape index (κ1) is 15.7. The number of carboxylic acid groups (broad SMARTS) is 1. The Kier molecular flexibility index (Phi) is 24.9. The Morgan fingerprint density at radius 1 is 1.67 bits per heavy atom. The Balaban J connectivity index is -0.0000000450. The van der Waals surface area contributed by atoms with Crippen molar-refractivity contribution >= 4 is 5.97 Å². The van der Waals surface area contributed by atoms with Gasteiger partial charge in [0.25, 0.3) is 5.97 Å². The maximum Gasteiger partial charge on any atom is 0.300 e. The summed E-state index contributed by atoms with van der Waals surface area (Å²) in [6, 6.07) is 0. The summed E-state index contributed by atoms with van der Waals surface area (Å²) < 4.78 is 0. The van der Waals surface area contributed by atoms with Crippen molar-refractivity contribution in [3.05, 3.63) is 0 Å². The minimum absolute atomic E-state index is 0. The smallest absolute Gasteiger partial charge is 0.300 e. The molecule has 0 aromatic heterocycles. The van der Waals surface area contributed by atoms with Crippen molar-refractivity contribution < 1.29 is 61.9 Å². The molecule has 0 radical (unpaired) electrons. The van der Waals surface area contributed by atoms with Crippen molar-refractivity contribution in [3.8, 4) is 0 Å². The van der Waals surface area contributed by atoms with Crippen LogP contribution in [0.3, 0.4) is 0 Å². The molecular formula is C2H4HfO2Zr. The molecule has 0 spiro atoms. The summed E-state index contributed by atoms with van der Waals surface area (Å²) in [7, 11) is 0. The summed E-state index contributed by atoms with van der Waals surface area (Å²) in [6.45, 7) is 1.08. The Hall–Kier alpha value is 1.22. The Morgan fingerprint density at radius 2 is 1.67 bits per heavy atom. The predicted molar refractivity (Wildman–Crippen MR) is 13.3 cm³/mol. The standard InChI is InChI=1S/C2H4O2.Hf.Zr/c1-2(3)4;;/h1H3,(H,3,4);;. The summed E-state index contributed by atoms with van der Waals surface area (Å²) >= 11 is 0. The molecule has 0 aromatic rings. The average molecular weight is 330 g/mol. The molecule has 0 bridgehead atoms. The molecule has 0 saturated heterocycles. The van der Waals surface area contributed by atoms with Gasteiger partial charge in [-0.3, -0.25) is 4.79 Å². The second kappa shape index (κ2) is 9.52. The quantitative estimate of drug-likeness (QED) is 0.639. The molecule has 4 heteroatoms. The van der Waals surface area contributed by atoms with Gasteiger partial charge in [-0.05, 0) is 0 Å². The van der Waals surface area contributed by atoms with Crippen LogP contribution in [0.15, 0.2) is 0 Å². The van der Waals surface area contributed by atoms with Crippen LogP contribution in [0.2, 0.25) is 0 Å².